The third-order valence-electron chi connectivity index (χ3n) is 4.29. The highest BCUT2D eigenvalue weighted by molar-refractivity contribution is 5.94. The van der Waals surface area contributed by atoms with E-state index in [-0.39, 0.29) is 11.8 Å². The van der Waals surface area contributed by atoms with Crippen molar-refractivity contribution in [3.05, 3.63) is 48.0 Å². The maximum atomic E-state index is 12.0. The highest BCUT2D eigenvalue weighted by atomic mass is 16.5. The fourth-order valence-electron chi connectivity index (χ4n) is 2.88. The summed E-state index contributed by atoms with van der Waals surface area (Å²) in [5.74, 6) is -0.0204. The van der Waals surface area contributed by atoms with Gasteiger partial charge in [-0.1, -0.05) is 0 Å². The van der Waals surface area contributed by atoms with Crippen LogP contribution in [0.4, 0.5) is 11.4 Å². The minimum absolute atomic E-state index is 0.0274. The first-order valence-electron chi connectivity index (χ1n) is 9.30. The molecule has 0 atom stereocenters. The van der Waals surface area contributed by atoms with Gasteiger partial charge < -0.3 is 25.2 Å². The molecule has 2 aromatic rings. The SMILES string of the molecule is O=C(O)COc1ccc(NC(=O)CCCOc2ccc3c(c2)CCC(=O)N3)cc1. The quantitative estimate of drug-likeness (QED) is 0.560. The lowest BCUT2D eigenvalue weighted by molar-refractivity contribution is -0.139. The molecular formula is C21H22N2O6. The number of anilines is 2. The van der Waals surface area contributed by atoms with Crippen LogP contribution in [0.1, 0.15) is 24.8 Å². The molecule has 0 aromatic heterocycles. The molecule has 0 aliphatic carbocycles. The lowest BCUT2D eigenvalue weighted by Gasteiger charge is -2.17. The van der Waals surface area contributed by atoms with Crippen LogP contribution in [0.5, 0.6) is 11.5 Å². The molecule has 29 heavy (non-hydrogen) atoms. The third kappa shape index (κ3) is 6.24. The summed E-state index contributed by atoms with van der Waals surface area (Å²) in [7, 11) is 0. The van der Waals surface area contributed by atoms with Gasteiger partial charge in [0.2, 0.25) is 11.8 Å². The average Bonchev–Trinajstić information content (AvgIpc) is 2.70. The molecule has 1 heterocycles. The van der Waals surface area contributed by atoms with Crippen molar-refractivity contribution in [2.24, 2.45) is 0 Å². The number of amides is 2. The number of fused-ring (bicyclic) bond motifs is 1. The van der Waals surface area contributed by atoms with E-state index in [1.807, 2.05) is 12.1 Å². The van der Waals surface area contributed by atoms with Gasteiger partial charge in [0, 0.05) is 24.2 Å². The predicted octanol–water partition coefficient (Wildman–Crippen LogP) is 2.83. The number of ether oxygens (including phenoxy) is 2. The molecule has 8 nitrogen and oxygen atoms in total. The average molecular weight is 398 g/mol. The number of hydrogen-bond acceptors (Lipinski definition) is 5. The Labute approximate surface area is 167 Å². The maximum Gasteiger partial charge on any atom is 0.341 e. The number of carboxylic acids is 1. The van der Waals surface area contributed by atoms with Crippen molar-refractivity contribution in [3.63, 3.8) is 0 Å². The molecule has 0 bridgehead atoms. The van der Waals surface area contributed by atoms with Gasteiger partial charge in [0.1, 0.15) is 11.5 Å². The number of aryl methyl sites for hydroxylation is 1. The van der Waals surface area contributed by atoms with Crippen molar-refractivity contribution in [1.82, 2.24) is 0 Å². The number of carbonyl (C=O) groups is 3. The zero-order valence-electron chi connectivity index (χ0n) is 15.8. The van der Waals surface area contributed by atoms with Crippen LogP contribution in [0.3, 0.4) is 0 Å². The van der Waals surface area contributed by atoms with Gasteiger partial charge in [0.15, 0.2) is 6.61 Å². The van der Waals surface area contributed by atoms with Gasteiger partial charge in [-0.25, -0.2) is 4.79 Å². The summed E-state index contributed by atoms with van der Waals surface area (Å²) >= 11 is 0. The third-order valence-corrected chi connectivity index (χ3v) is 4.29. The number of carboxylic acid groups (broad SMARTS) is 1. The molecule has 2 aromatic carbocycles. The number of hydrogen-bond donors (Lipinski definition) is 3. The second-order valence-corrected chi connectivity index (χ2v) is 6.57. The van der Waals surface area contributed by atoms with Crippen LogP contribution in [0.15, 0.2) is 42.5 Å². The van der Waals surface area contributed by atoms with Crippen LogP contribution >= 0.6 is 0 Å². The molecule has 0 spiro atoms. The molecule has 152 valence electrons. The van der Waals surface area contributed by atoms with Gasteiger partial charge in [0.25, 0.3) is 0 Å². The maximum absolute atomic E-state index is 12.0. The molecule has 0 saturated heterocycles. The van der Waals surface area contributed by atoms with Crippen molar-refractivity contribution >= 4 is 29.2 Å². The summed E-state index contributed by atoms with van der Waals surface area (Å²) in [4.78, 5) is 33.9. The number of carbonyl (C=O) groups excluding carboxylic acids is 2. The van der Waals surface area contributed by atoms with E-state index in [4.69, 9.17) is 14.6 Å². The highest BCUT2D eigenvalue weighted by Gasteiger charge is 2.15. The summed E-state index contributed by atoms with van der Waals surface area (Å²) in [5.41, 5.74) is 2.48. The number of rotatable bonds is 9. The molecule has 3 rings (SSSR count). The second kappa shape index (κ2) is 9.59. The monoisotopic (exact) mass is 398 g/mol. The molecule has 0 saturated carbocycles. The predicted molar refractivity (Wildman–Crippen MR) is 106 cm³/mol. The van der Waals surface area contributed by atoms with Gasteiger partial charge in [-0.3, -0.25) is 9.59 Å². The summed E-state index contributed by atoms with van der Waals surface area (Å²) in [6, 6.07) is 12.1. The summed E-state index contributed by atoms with van der Waals surface area (Å²) in [5, 5.41) is 14.2. The molecule has 1 aliphatic rings. The topological polar surface area (TPSA) is 114 Å². The van der Waals surface area contributed by atoms with Gasteiger partial charge in [0.05, 0.1) is 6.61 Å². The zero-order valence-corrected chi connectivity index (χ0v) is 15.8. The molecule has 0 unspecified atom stereocenters. The lowest BCUT2D eigenvalue weighted by atomic mass is 10.0. The van der Waals surface area contributed by atoms with E-state index in [0.717, 1.165) is 17.0 Å². The van der Waals surface area contributed by atoms with E-state index in [1.54, 1.807) is 30.3 Å². The Hall–Kier alpha value is -3.55. The standard InChI is InChI=1S/C21H22N2O6/c24-19(22-15-4-6-16(7-5-15)29-13-21(26)27)2-1-11-28-17-8-9-18-14(12-17)3-10-20(25)23-18/h4-9,12H,1-3,10-11,13H2,(H,22,24)(H,23,25)(H,26,27). The van der Waals surface area contributed by atoms with Crippen LogP contribution in [0.25, 0.3) is 0 Å². The molecule has 2 amide bonds. The molecule has 0 radical (unpaired) electrons. The van der Waals surface area contributed by atoms with Gasteiger partial charge in [-0.2, -0.15) is 0 Å². The van der Waals surface area contributed by atoms with E-state index < -0.39 is 12.6 Å². The van der Waals surface area contributed by atoms with Crippen LogP contribution < -0.4 is 20.1 Å². The first-order chi connectivity index (χ1) is 14.0. The van der Waals surface area contributed by atoms with E-state index in [9.17, 15) is 14.4 Å². The molecule has 3 N–H and O–H groups in total. The van der Waals surface area contributed by atoms with Gasteiger partial charge >= 0.3 is 5.97 Å². The highest BCUT2D eigenvalue weighted by Crippen LogP contribution is 2.26. The van der Waals surface area contributed by atoms with Gasteiger partial charge in [-0.05, 0) is 60.9 Å². The normalized spacial score (nSPS) is 12.5. The molecule has 0 fully saturated rings. The Bertz CT molecular complexity index is 895. The Kier molecular flexibility index (Phi) is 6.67. The van der Waals surface area contributed by atoms with Crippen LogP contribution in [0.2, 0.25) is 0 Å². The lowest BCUT2D eigenvalue weighted by Crippen LogP contribution is -2.18. The van der Waals surface area contributed by atoms with Crippen LogP contribution in [-0.2, 0) is 20.8 Å². The fourth-order valence-corrected chi connectivity index (χ4v) is 2.88. The van der Waals surface area contributed by atoms with Crippen LogP contribution in [0, 0.1) is 0 Å². The minimum Gasteiger partial charge on any atom is -0.494 e. The van der Waals surface area contributed by atoms with Crippen LogP contribution in [-0.4, -0.2) is 36.1 Å². The molecular weight excluding hydrogens is 376 g/mol. The Balaban J connectivity index is 1.38. The van der Waals surface area contributed by atoms with Crippen molar-refractivity contribution in [3.8, 4) is 11.5 Å². The van der Waals surface area contributed by atoms with Gasteiger partial charge in [-0.15, -0.1) is 0 Å². The first-order valence-corrected chi connectivity index (χ1v) is 9.30. The minimum atomic E-state index is -1.05. The van der Waals surface area contributed by atoms with E-state index in [2.05, 4.69) is 10.6 Å². The smallest absolute Gasteiger partial charge is 0.341 e. The summed E-state index contributed by atoms with van der Waals surface area (Å²) in [6.45, 7) is -0.00884. The van der Waals surface area contributed by atoms with Crippen molar-refractivity contribution in [2.75, 3.05) is 23.8 Å². The number of aliphatic carboxylic acids is 1. The Morgan fingerprint density at radius 2 is 1.79 bits per heavy atom. The van der Waals surface area contributed by atoms with Crippen molar-refractivity contribution < 1.29 is 29.0 Å². The Morgan fingerprint density at radius 3 is 2.55 bits per heavy atom. The number of nitrogens with one attached hydrogen (secondary N) is 2. The second-order valence-electron chi connectivity index (χ2n) is 6.57. The zero-order chi connectivity index (χ0) is 20.6. The first kappa shape index (κ1) is 20.2. The largest absolute Gasteiger partial charge is 0.494 e. The molecule has 8 heteroatoms. The van der Waals surface area contributed by atoms with Crippen molar-refractivity contribution in [2.45, 2.75) is 25.7 Å². The summed E-state index contributed by atoms with van der Waals surface area (Å²) < 4.78 is 10.7. The van der Waals surface area contributed by atoms with E-state index in [0.29, 0.717) is 43.7 Å². The van der Waals surface area contributed by atoms with E-state index >= 15 is 0 Å². The Morgan fingerprint density at radius 1 is 1.03 bits per heavy atom. The number of benzene rings is 2. The summed E-state index contributed by atoms with van der Waals surface area (Å²) in [6.07, 6.45) is 2.03. The fraction of sp³-hybridized carbons (Fsp3) is 0.286. The van der Waals surface area contributed by atoms with E-state index in [1.165, 1.54) is 0 Å². The molecule has 1 aliphatic heterocycles. The van der Waals surface area contributed by atoms with Crippen molar-refractivity contribution in [1.29, 1.82) is 0 Å².